The third-order valence-corrected chi connectivity index (χ3v) is 7.01. The molecule has 1 aliphatic heterocycles. The third kappa shape index (κ3) is 3.24. The Kier molecular flexibility index (Phi) is 4.75. The van der Waals surface area contributed by atoms with Crippen molar-refractivity contribution in [1.29, 1.82) is 0 Å². The summed E-state index contributed by atoms with van der Waals surface area (Å²) in [7, 11) is -3.63. The molecular weight excluding hydrogens is 350 g/mol. The van der Waals surface area contributed by atoms with Crippen molar-refractivity contribution >= 4 is 33.0 Å². The predicted octanol–water partition coefficient (Wildman–Crippen LogP) is 2.39. The number of carbonyl (C=O) groups is 1. The molecular formula is C15H19N3O4S2. The van der Waals surface area contributed by atoms with E-state index in [-0.39, 0.29) is 16.7 Å². The van der Waals surface area contributed by atoms with E-state index in [1.165, 1.54) is 15.6 Å². The molecule has 130 valence electrons. The lowest BCUT2D eigenvalue weighted by Gasteiger charge is -2.30. The second kappa shape index (κ2) is 6.66. The van der Waals surface area contributed by atoms with Crippen LogP contribution in [0.5, 0.6) is 0 Å². The number of hydrogen-bond acceptors (Lipinski definition) is 6. The molecule has 1 N–H and O–H groups in total. The van der Waals surface area contributed by atoms with E-state index in [9.17, 15) is 13.2 Å². The Bertz CT molecular complexity index is 800. The molecule has 2 aromatic heterocycles. The van der Waals surface area contributed by atoms with Crippen LogP contribution in [0.3, 0.4) is 0 Å². The summed E-state index contributed by atoms with van der Waals surface area (Å²) in [6, 6.07) is 1.85. The molecule has 1 fully saturated rings. The normalized spacial score (nSPS) is 17.1. The van der Waals surface area contributed by atoms with E-state index >= 15 is 0 Å². The SMILES string of the molecule is Cc1noc(C)c1S(=O)(=O)N1CCC(C(=O)Nc2ccsc2)CC1. The van der Waals surface area contributed by atoms with Crippen molar-refractivity contribution in [2.24, 2.45) is 5.92 Å². The van der Waals surface area contributed by atoms with Crippen LogP contribution in [0.15, 0.2) is 26.2 Å². The molecule has 9 heteroatoms. The minimum absolute atomic E-state index is 0.0530. The van der Waals surface area contributed by atoms with Gasteiger partial charge in [-0.15, -0.1) is 0 Å². The molecule has 7 nitrogen and oxygen atoms in total. The first-order chi connectivity index (χ1) is 11.4. The summed E-state index contributed by atoms with van der Waals surface area (Å²) in [5.41, 5.74) is 1.15. The fourth-order valence-corrected chi connectivity index (χ4v) is 5.26. The Labute approximate surface area is 144 Å². The maximum Gasteiger partial charge on any atom is 0.248 e. The van der Waals surface area contributed by atoms with Crippen molar-refractivity contribution in [1.82, 2.24) is 9.46 Å². The predicted molar refractivity (Wildman–Crippen MR) is 90.4 cm³/mol. The van der Waals surface area contributed by atoms with E-state index < -0.39 is 10.0 Å². The topological polar surface area (TPSA) is 92.5 Å². The highest BCUT2D eigenvalue weighted by atomic mass is 32.2. The van der Waals surface area contributed by atoms with Crippen LogP contribution < -0.4 is 5.32 Å². The van der Waals surface area contributed by atoms with Crippen molar-refractivity contribution in [2.45, 2.75) is 31.6 Å². The van der Waals surface area contributed by atoms with Crippen molar-refractivity contribution in [2.75, 3.05) is 18.4 Å². The van der Waals surface area contributed by atoms with Gasteiger partial charge in [0.05, 0.1) is 5.69 Å². The molecule has 2 aromatic rings. The van der Waals surface area contributed by atoms with Gasteiger partial charge >= 0.3 is 0 Å². The number of hydrogen-bond donors (Lipinski definition) is 1. The highest BCUT2D eigenvalue weighted by Gasteiger charge is 2.35. The minimum Gasteiger partial charge on any atom is -0.360 e. The van der Waals surface area contributed by atoms with E-state index in [0.29, 0.717) is 37.4 Å². The van der Waals surface area contributed by atoms with Gasteiger partial charge in [-0.25, -0.2) is 8.42 Å². The number of nitrogens with zero attached hydrogens (tertiary/aromatic N) is 2. The van der Waals surface area contributed by atoms with Gasteiger partial charge in [0.15, 0.2) is 5.76 Å². The van der Waals surface area contributed by atoms with Crippen LogP contribution in [0.4, 0.5) is 5.69 Å². The quantitative estimate of drug-likeness (QED) is 0.893. The molecule has 0 bridgehead atoms. The Morgan fingerprint density at radius 1 is 1.38 bits per heavy atom. The van der Waals surface area contributed by atoms with E-state index in [2.05, 4.69) is 10.5 Å². The number of thiophene rings is 1. The zero-order valence-electron chi connectivity index (χ0n) is 13.5. The highest BCUT2D eigenvalue weighted by molar-refractivity contribution is 7.89. The fourth-order valence-electron chi connectivity index (χ4n) is 2.91. The van der Waals surface area contributed by atoms with Crippen LogP contribution in [0.25, 0.3) is 0 Å². The number of sulfonamides is 1. The number of amides is 1. The standard InChI is InChI=1S/C15H19N3O4S2/c1-10-14(11(2)22-17-10)24(20,21)18-6-3-12(4-7-18)15(19)16-13-5-8-23-9-13/h5,8-9,12H,3-4,6-7H2,1-2H3,(H,16,19). The first-order valence-electron chi connectivity index (χ1n) is 7.65. The molecule has 1 aliphatic rings. The maximum atomic E-state index is 12.7. The number of aromatic nitrogens is 1. The van der Waals surface area contributed by atoms with Crippen molar-refractivity contribution in [3.8, 4) is 0 Å². The van der Waals surface area contributed by atoms with Crippen LogP contribution in [-0.2, 0) is 14.8 Å². The van der Waals surface area contributed by atoms with Gasteiger partial charge < -0.3 is 9.84 Å². The average molecular weight is 369 g/mol. The molecule has 0 aromatic carbocycles. The van der Waals surface area contributed by atoms with Gasteiger partial charge in [0.25, 0.3) is 0 Å². The van der Waals surface area contributed by atoms with Crippen LogP contribution in [0, 0.1) is 19.8 Å². The molecule has 0 spiro atoms. The molecule has 1 saturated heterocycles. The summed E-state index contributed by atoms with van der Waals surface area (Å²) in [5.74, 6) is 0.0635. The summed E-state index contributed by atoms with van der Waals surface area (Å²) in [6.45, 7) is 3.83. The van der Waals surface area contributed by atoms with Crippen LogP contribution >= 0.6 is 11.3 Å². The second-order valence-electron chi connectivity index (χ2n) is 5.83. The summed E-state index contributed by atoms with van der Waals surface area (Å²) in [5, 5.41) is 10.4. The molecule has 3 heterocycles. The van der Waals surface area contributed by atoms with Gasteiger partial charge in [-0.2, -0.15) is 15.6 Å². The average Bonchev–Trinajstić information content (AvgIpc) is 3.17. The molecule has 0 saturated carbocycles. The summed E-state index contributed by atoms with van der Waals surface area (Å²) < 4.78 is 31.9. The Morgan fingerprint density at radius 3 is 2.62 bits per heavy atom. The molecule has 3 rings (SSSR count). The molecule has 0 aliphatic carbocycles. The van der Waals surface area contributed by atoms with Gasteiger partial charge in [-0.05, 0) is 38.1 Å². The highest BCUT2D eigenvalue weighted by Crippen LogP contribution is 2.28. The third-order valence-electron chi connectivity index (χ3n) is 4.18. The Hall–Kier alpha value is -1.71. The summed E-state index contributed by atoms with van der Waals surface area (Å²) in [6.07, 6.45) is 0.997. The molecule has 24 heavy (non-hydrogen) atoms. The molecule has 1 amide bonds. The minimum atomic E-state index is -3.63. The monoisotopic (exact) mass is 369 g/mol. The lowest BCUT2D eigenvalue weighted by atomic mass is 9.97. The largest absolute Gasteiger partial charge is 0.360 e. The number of anilines is 1. The van der Waals surface area contributed by atoms with Gasteiger partial charge in [0.1, 0.15) is 10.6 Å². The number of carbonyl (C=O) groups excluding carboxylic acids is 1. The maximum absolute atomic E-state index is 12.7. The van der Waals surface area contributed by atoms with E-state index in [4.69, 9.17) is 4.52 Å². The van der Waals surface area contributed by atoms with E-state index in [1.54, 1.807) is 13.8 Å². The molecule has 0 radical (unpaired) electrons. The van der Waals surface area contributed by atoms with Gasteiger partial charge in [0.2, 0.25) is 15.9 Å². The number of piperidine rings is 1. The Morgan fingerprint density at radius 2 is 2.08 bits per heavy atom. The Balaban J connectivity index is 1.65. The van der Waals surface area contributed by atoms with Crippen molar-refractivity contribution in [3.63, 3.8) is 0 Å². The lowest BCUT2D eigenvalue weighted by molar-refractivity contribution is -0.120. The first-order valence-corrected chi connectivity index (χ1v) is 10.0. The number of nitrogens with one attached hydrogen (secondary N) is 1. The van der Waals surface area contributed by atoms with Gasteiger partial charge in [0, 0.05) is 24.4 Å². The van der Waals surface area contributed by atoms with Crippen LogP contribution in [0.2, 0.25) is 0 Å². The van der Waals surface area contributed by atoms with Crippen molar-refractivity contribution in [3.05, 3.63) is 28.3 Å². The van der Waals surface area contributed by atoms with E-state index in [0.717, 1.165) is 5.69 Å². The number of rotatable bonds is 4. The van der Waals surface area contributed by atoms with Crippen LogP contribution in [-0.4, -0.2) is 36.9 Å². The fraction of sp³-hybridized carbons (Fsp3) is 0.467. The lowest BCUT2D eigenvalue weighted by Crippen LogP contribution is -2.41. The van der Waals surface area contributed by atoms with E-state index in [1.807, 2.05) is 16.8 Å². The van der Waals surface area contributed by atoms with Gasteiger partial charge in [-0.1, -0.05) is 5.16 Å². The second-order valence-corrected chi connectivity index (χ2v) is 8.49. The summed E-state index contributed by atoms with van der Waals surface area (Å²) in [4.78, 5) is 12.4. The smallest absolute Gasteiger partial charge is 0.248 e. The molecule has 0 unspecified atom stereocenters. The van der Waals surface area contributed by atoms with Crippen LogP contribution in [0.1, 0.15) is 24.3 Å². The molecule has 0 atom stereocenters. The van der Waals surface area contributed by atoms with Gasteiger partial charge in [-0.3, -0.25) is 4.79 Å². The first kappa shape index (κ1) is 17.1. The van der Waals surface area contributed by atoms with Crippen molar-refractivity contribution < 1.29 is 17.7 Å². The zero-order valence-corrected chi connectivity index (χ0v) is 15.1. The summed E-state index contributed by atoms with van der Waals surface area (Å²) >= 11 is 1.52. The zero-order chi connectivity index (χ0) is 17.3. The number of aryl methyl sites for hydroxylation is 2.